The standard InChI is InChI=1S/C20H16N4O4/c25-18(12-11-16-21-19(23-27-16)14-7-3-1-4-8-14)26-13-17-22-20(24-28-17)15-9-5-2-6-10-15/h1-10H,11-13H2. The van der Waals surface area contributed by atoms with Crippen molar-refractivity contribution in [2.45, 2.75) is 19.4 Å². The van der Waals surface area contributed by atoms with Crippen molar-refractivity contribution in [3.8, 4) is 22.8 Å². The van der Waals surface area contributed by atoms with Gasteiger partial charge in [0.2, 0.25) is 17.5 Å². The molecular weight excluding hydrogens is 360 g/mol. The number of ether oxygens (including phenoxy) is 1. The van der Waals surface area contributed by atoms with E-state index in [0.29, 0.717) is 17.5 Å². The van der Waals surface area contributed by atoms with Gasteiger partial charge in [-0.05, 0) is 0 Å². The Labute approximate surface area is 160 Å². The van der Waals surface area contributed by atoms with Gasteiger partial charge in [0.15, 0.2) is 6.61 Å². The summed E-state index contributed by atoms with van der Waals surface area (Å²) >= 11 is 0. The molecular formula is C20H16N4O4. The summed E-state index contributed by atoms with van der Waals surface area (Å²) in [4.78, 5) is 20.4. The van der Waals surface area contributed by atoms with Crippen LogP contribution in [0.4, 0.5) is 0 Å². The normalized spacial score (nSPS) is 10.7. The molecule has 4 aromatic rings. The molecule has 2 heterocycles. The van der Waals surface area contributed by atoms with Gasteiger partial charge in [-0.2, -0.15) is 9.97 Å². The summed E-state index contributed by atoms with van der Waals surface area (Å²) < 4.78 is 15.4. The van der Waals surface area contributed by atoms with Crippen LogP contribution in [0.15, 0.2) is 69.7 Å². The topological polar surface area (TPSA) is 104 Å². The molecule has 0 saturated carbocycles. The van der Waals surface area contributed by atoms with Crippen LogP contribution in [0.2, 0.25) is 0 Å². The minimum absolute atomic E-state index is 0.0856. The van der Waals surface area contributed by atoms with Crippen LogP contribution in [0.3, 0.4) is 0 Å². The van der Waals surface area contributed by atoms with Crippen molar-refractivity contribution in [3.05, 3.63) is 72.4 Å². The lowest BCUT2D eigenvalue weighted by Gasteiger charge is -1.99. The van der Waals surface area contributed by atoms with Crippen LogP contribution in [0.5, 0.6) is 0 Å². The van der Waals surface area contributed by atoms with Crippen molar-refractivity contribution in [2.24, 2.45) is 0 Å². The largest absolute Gasteiger partial charge is 0.456 e. The third-order valence-electron chi connectivity index (χ3n) is 3.90. The number of rotatable bonds is 7. The molecule has 0 amide bonds. The van der Waals surface area contributed by atoms with Crippen molar-refractivity contribution in [1.29, 1.82) is 0 Å². The summed E-state index contributed by atoms with van der Waals surface area (Å²) in [6.07, 6.45) is 0.397. The minimum Gasteiger partial charge on any atom is -0.456 e. The van der Waals surface area contributed by atoms with Gasteiger partial charge in [-0.15, -0.1) is 0 Å². The number of hydrogen-bond acceptors (Lipinski definition) is 8. The van der Waals surface area contributed by atoms with Crippen LogP contribution >= 0.6 is 0 Å². The predicted octanol–water partition coefficient (Wildman–Crippen LogP) is 3.46. The van der Waals surface area contributed by atoms with E-state index in [1.807, 2.05) is 60.7 Å². The average Bonchev–Trinajstić information content (AvgIpc) is 3.42. The Bertz CT molecular complexity index is 961. The molecule has 2 aromatic carbocycles. The Morgan fingerprint density at radius 2 is 1.32 bits per heavy atom. The number of aryl methyl sites for hydroxylation is 1. The SMILES string of the molecule is O=C(CCc1nc(-c2ccccc2)no1)OCc1nc(-c2ccccc2)no1. The number of nitrogens with zero attached hydrogens (tertiary/aromatic N) is 4. The highest BCUT2D eigenvalue weighted by Gasteiger charge is 2.13. The second kappa shape index (κ2) is 8.26. The highest BCUT2D eigenvalue weighted by atomic mass is 16.6. The second-order valence-corrected chi connectivity index (χ2v) is 5.92. The quantitative estimate of drug-likeness (QED) is 0.452. The molecule has 0 bridgehead atoms. The molecule has 0 radical (unpaired) electrons. The Balaban J connectivity index is 1.26. The van der Waals surface area contributed by atoms with Crippen molar-refractivity contribution in [1.82, 2.24) is 20.3 Å². The van der Waals surface area contributed by atoms with E-state index in [1.165, 1.54) is 0 Å². The maximum Gasteiger partial charge on any atom is 0.306 e. The zero-order valence-electron chi connectivity index (χ0n) is 14.8. The van der Waals surface area contributed by atoms with Gasteiger partial charge < -0.3 is 13.8 Å². The lowest BCUT2D eigenvalue weighted by Crippen LogP contribution is -2.06. The van der Waals surface area contributed by atoms with Crippen molar-refractivity contribution >= 4 is 5.97 Å². The predicted molar refractivity (Wildman–Crippen MR) is 97.6 cm³/mol. The number of benzene rings is 2. The summed E-state index contributed by atoms with van der Waals surface area (Å²) in [6.45, 7) is -0.0856. The summed E-state index contributed by atoms with van der Waals surface area (Å²) in [5, 5.41) is 7.80. The van der Waals surface area contributed by atoms with Crippen LogP contribution in [0.1, 0.15) is 18.2 Å². The van der Waals surface area contributed by atoms with E-state index < -0.39 is 5.97 Å². The molecule has 0 aliphatic carbocycles. The molecule has 4 rings (SSSR count). The fourth-order valence-electron chi connectivity index (χ4n) is 2.50. The summed E-state index contributed by atoms with van der Waals surface area (Å²) in [7, 11) is 0. The molecule has 28 heavy (non-hydrogen) atoms. The van der Waals surface area contributed by atoms with Crippen LogP contribution in [-0.4, -0.2) is 26.3 Å². The summed E-state index contributed by atoms with van der Waals surface area (Å²) in [5.41, 5.74) is 1.68. The molecule has 0 unspecified atom stereocenters. The number of carbonyl (C=O) groups is 1. The molecule has 0 aliphatic rings. The maximum atomic E-state index is 11.9. The Hall–Kier alpha value is -3.81. The smallest absolute Gasteiger partial charge is 0.306 e. The van der Waals surface area contributed by atoms with E-state index in [0.717, 1.165) is 11.1 Å². The number of aromatic nitrogens is 4. The molecule has 0 fully saturated rings. The molecule has 2 aromatic heterocycles. The molecule has 0 atom stereocenters. The highest BCUT2D eigenvalue weighted by Crippen LogP contribution is 2.16. The van der Waals surface area contributed by atoms with Crippen molar-refractivity contribution in [2.75, 3.05) is 0 Å². The van der Waals surface area contributed by atoms with Gasteiger partial charge in [-0.1, -0.05) is 71.0 Å². The fraction of sp³-hybridized carbons (Fsp3) is 0.150. The van der Waals surface area contributed by atoms with Crippen LogP contribution in [0, 0.1) is 0 Å². The van der Waals surface area contributed by atoms with E-state index in [4.69, 9.17) is 13.8 Å². The number of hydrogen-bond donors (Lipinski definition) is 0. The zero-order chi connectivity index (χ0) is 19.2. The van der Waals surface area contributed by atoms with Crippen LogP contribution < -0.4 is 0 Å². The summed E-state index contributed by atoms with van der Waals surface area (Å²) in [5.74, 6) is 1.13. The molecule has 0 spiro atoms. The fourth-order valence-corrected chi connectivity index (χ4v) is 2.50. The number of esters is 1. The highest BCUT2D eigenvalue weighted by molar-refractivity contribution is 5.69. The first-order valence-corrected chi connectivity index (χ1v) is 8.69. The van der Waals surface area contributed by atoms with E-state index in [-0.39, 0.29) is 25.3 Å². The molecule has 8 heteroatoms. The average molecular weight is 376 g/mol. The molecule has 0 saturated heterocycles. The first kappa shape index (κ1) is 17.6. The van der Waals surface area contributed by atoms with Gasteiger partial charge in [0.1, 0.15) is 0 Å². The van der Waals surface area contributed by atoms with Crippen LogP contribution in [0.25, 0.3) is 22.8 Å². The maximum absolute atomic E-state index is 11.9. The van der Waals surface area contributed by atoms with Crippen molar-refractivity contribution in [3.63, 3.8) is 0 Å². The van der Waals surface area contributed by atoms with Gasteiger partial charge in [-0.3, -0.25) is 4.79 Å². The van der Waals surface area contributed by atoms with Crippen LogP contribution in [-0.2, 0) is 22.6 Å². The monoisotopic (exact) mass is 376 g/mol. The van der Waals surface area contributed by atoms with Crippen molar-refractivity contribution < 1.29 is 18.6 Å². The van der Waals surface area contributed by atoms with E-state index in [2.05, 4.69) is 20.3 Å². The van der Waals surface area contributed by atoms with Gasteiger partial charge in [0, 0.05) is 17.5 Å². The lowest BCUT2D eigenvalue weighted by atomic mass is 10.2. The first-order valence-electron chi connectivity index (χ1n) is 8.69. The Morgan fingerprint density at radius 3 is 1.93 bits per heavy atom. The second-order valence-electron chi connectivity index (χ2n) is 5.92. The third kappa shape index (κ3) is 4.29. The minimum atomic E-state index is -0.418. The van der Waals surface area contributed by atoms with Gasteiger partial charge in [0.05, 0.1) is 6.42 Å². The third-order valence-corrected chi connectivity index (χ3v) is 3.90. The molecule has 0 N–H and O–H groups in total. The molecule has 0 aliphatic heterocycles. The Kier molecular flexibility index (Phi) is 5.19. The first-order chi connectivity index (χ1) is 13.8. The van der Waals surface area contributed by atoms with E-state index in [1.54, 1.807) is 0 Å². The molecule has 140 valence electrons. The molecule has 8 nitrogen and oxygen atoms in total. The zero-order valence-corrected chi connectivity index (χ0v) is 14.8. The van der Waals surface area contributed by atoms with Gasteiger partial charge in [0.25, 0.3) is 5.89 Å². The van der Waals surface area contributed by atoms with Gasteiger partial charge >= 0.3 is 5.97 Å². The van der Waals surface area contributed by atoms with E-state index >= 15 is 0 Å². The summed E-state index contributed by atoms with van der Waals surface area (Å²) in [6, 6.07) is 18.9. The lowest BCUT2D eigenvalue weighted by molar-refractivity contribution is -0.145. The Morgan fingerprint density at radius 1 is 0.786 bits per heavy atom. The van der Waals surface area contributed by atoms with Gasteiger partial charge in [-0.25, -0.2) is 0 Å². The number of carbonyl (C=O) groups excluding carboxylic acids is 1. The van der Waals surface area contributed by atoms with E-state index in [9.17, 15) is 4.79 Å².